The van der Waals surface area contributed by atoms with Crippen LogP contribution >= 0.6 is 22.6 Å². The lowest BCUT2D eigenvalue weighted by Crippen LogP contribution is -2.18. The number of hydrogen-bond acceptors (Lipinski definition) is 3. The van der Waals surface area contributed by atoms with Gasteiger partial charge in [0, 0.05) is 12.8 Å². The van der Waals surface area contributed by atoms with Crippen LogP contribution in [0, 0.1) is 0 Å². The van der Waals surface area contributed by atoms with Crippen molar-refractivity contribution in [2.45, 2.75) is 18.9 Å². The Hall–Kier alpha value is -0.780. The molecule has 1 aromatic carbocycles. The highest BCUT2D eigenvalue weighted by molar-refractivity contribution is 14.1. The zero-order chi connectivity index (χ0) is 10.7. The van der Waals surface area contributed by atoms with Gasteiger partial charge >= 0.3 is 6.16 Å². The summed E-state index contributed by atoms with van der Waals surface area (Å²) in [6.45, 7) is 0. The van der Waals surface area contributed by atoms with E-state index in [-0.39, 0.29) is 6.10 Å². The number of carbonyl (C=O) groups excluding carboxylic acids is 1. The fourth-order valence-corrected chi connectivity index (χ4v) is 2.07. The van der Waals surface area contributed by atoms with E-state index in [1.54, 1.807) is 0 Å². The minimum absolute atomic E-state index is 0.0575. The van der Waals surface area contributed by atoms with Crippen molar-refractivity contribution in [1.29, 1.82) is 0 Å². The highest BCUT2D eigenvalue weighted by Crippen LogP contribution is 2.23. The highest BCUT2D eigenvalue weighted by Gasteiger charge is 2.24. The molecule has 0 fully saturated rings. The third-order valence-corrected chi connectivity index (χ3v) is 2.76. The van der Waals surface area contributed by atoms with Gasteiger partial charge in [0.1, 0.15) is 10.7 Å². The quantitative estimate of drug-likeness (QED) is 0.478. The first-order chi connectivity index (χ1) is 7.29. The van der Waals surface area contributed by atoms with Gasteiger partial charge in [-0.1, -0.05) is 24.3 Å². The van der Waals surface area contributed by atoms with Crippen molar-refractivity contribution in [3.05, 3.63) is 35.4 Å². The second kappa shape index (κ2) is 4.83. The maximum atomic E-state index is 11.1. The first kappa shape index (κ1) is 10.7. The third-order valence-electron chi connectivity index (χ3n) is 2.45. The smallest absolute Gasteiger partial charge is 0.430 e. The molecule has 1 aliphatic carbocycles. The molecule has 0 saturated carbocycles. The summed E-state index contributed by atoms with van der Waals surface area (Å²) in [6, 6.07) is 8.15. The number of halogens is 1. The molecule has 0 heterocycles. The van der Waals surface area contributed by atoms with Crippen LogP contribution in [0.15, 0.2) is 24.3 Å². The molecule has 0 unspecified atom stereocenters. The van der Waals surface area contributed by atoms with Crippen molar-refractivity contribution in [1.82, 2.24) is 0 Å². The SMILES string of the molecule is O=C(OCI)OC1Cc2ccccc2C1. The summed E-state index contributed by atoms with van der Waals surface area (Å²) >= 11 is 1.97. The van der Waals surface area contributed by atoms with Crippen molar-refractivity contribution in [2.24, 2.45) is 0 Å². The molecule has 1 aromatic rings. The first-order valence-electron chi connectivity index (χ1n) is 4.75. The van der Waals surface area contributed by atoms with E-state index in [1.165, 1.54) is 11.1 Å². The van der Waals surface area contributed by atoms with Gasteiger partial charge in [-0.2, -0.15) is 0 Å². The Balaban J connectivity index is 1.93. The Morgan fingerprint density at radius 3 is 2.47 bits per heavy atom. The molecule has 80 valence electrons. The Labute approximate surface area is 102 Å². The molecular weight excluding hydrogens is 307 g/mol. The average molecular weight is 318 g/mol. The molecule has 0 N–H and O–H groups in total. The van der Waals surface area contributed by atoms with Crippen LogP contribution in [0.3, 0.4) is 0 Å². The minimum Gasteiger partial charge on any atom is -0.430 e. The molecule has 0 saturated heterocycles. The monoisotopic (exact) mass is 318 g/mol. The minimum atomic E-state index is -0.567. The van der Waals surface area contributed by atoms with Gasteiger partial charge in [0.2, 0.25) is 0 Å². The van der Waals surface area contributed by atoms with E-state index in [0.717, 1.165) is 12.8 Å². The van der Waals surface area contributed by atoms with E-state index in [4.69, 9.17) is 9.47 Å². The molecule has 0 aliphatic heterocycles. The van der Waals surface area contributed by atoms with Crippen LogP contribution in [0.1, 0.15) is 11.1 Å². The summed E-state index contributed by atoms with van der Waals surface area (Å²) in [6.07, 6.45) is 0.971. The van der Waals surface area contributed by atoms with E-state index in [0.29, 0.717) is 4.61 Å². The van der Waals surface area contributed by atoms with Crippen LogP contribution in [0.2, 0.25) is 0 Å². The number of fused-ring (bicyclic) bond motifs is 1. The van der Waals surface area contributed by atoms with E-state index in [1.807, 2.05) is 34.7 Å². The van der Waals surface area contributed by atoms with Gasteiger partial charge in [0.15, 0.2) is 0 Å². The number of rotatable bonds is 2. The lowest BCUT2D eigenvalue weighted by molar-refractivity contribution is 0.0392. The molecule has 15 heavy (non-hydrogen) atoms. The maximum absolute atomic E-state index is 11.1. The molecule has 3 nitrogen and oxygen atoms in total. The number of benzene rings is 1. The zero-order valence-electron chi connectivity index (χ0n) is 8.11. The first-order valence-corrected chi connectivity index (χ1v) is 6.28. The summed E-state index contributed by atoms with van der Waals surface area (Å²) in [7, 11) is 0. The molecule has 0 aromatic heterocycles. The van der Waals surface area contributed by atoms with Crippen molar-refractivity contribution in [3.8, 4) is 0 Å². The zero-order valence-corrected chi connectivity index (χ0v) is 10.3. The van der Waals surface area contributed by atoms with Gasteiger partial charge in [-0.05, 0) is 33.7 Å². The lowest BCUT2D eigenvalue weighted by Gasteiger charge is -2.09. The second-order valence-electron chi connectivity index (χ2n) is 3.42. The molecule has 0 radical (unpaired) electrons. The average Bonchev–Trinajstić information content (AvgIpc) is 2.59. The molecule has 0 bridgehead atoms. The molecule has 1 aliphatic rings. The Morgan fingerprint density at radius 1 is 1.33 bits per heavy atom. The van der Waals surface area contributed by atoms with Crippen LogP contribution in [0.4, 0.5) is 4.79 Å². The molecule has 0 spiro atoms. The number of hydrogen-bond donors (Lipinski definition) is 0. The summed E-state index contributed by atoms with van der Waals surface area (Å²) < 4.78 is 10.2. The number of carbonyl (C=O) groups is 1. The van der Waals surface area contributed by atoms with Crippen LogP contribution < -0.4 is 0 Å². The Kier molecular flexibility index (Phi) is 3.45. The molecule has 0 amide bonds. The predicted octanol–water partition coefficient (Wildman–Crippen LogP) is 2.70. The normalized spacial score (nSPS) is 14.7. The van der Waals surface area contributed by atoms with Crippen molar-refractivity contribution < 1.29 is 14.3 Å². The van der Waals surface area contributed by atoms with Crippen molar-refractivity contribution >= 4 is 28.7 Å². The lowest BCUT2D eigenvalue weighted by atomic mass is 10.1. The van der Waals surface area contributed by atoms with Crippen LogP contribution in [-0.4, -0.2) is 16.9 Å². The molecule has 4 heteroatoms. The van der Waals surface area contributed by atoms with Gasteiger partial charge < -0.3 is 9.47 Å². The third kappa shape index (κ3) is 2.62. The van der Waals surface area contributed by atoms with Crippen molar-refractivity contribution in [3.63, 3.8) is 0 Å². The summed E-state index contributed by atoms with van der Waals surface area (Å²) in [4.78, 5) is 11.1. The van der Waals surface area contributed by atoms with E-state index < -0.39 is 6.16 Å². The van der Waals surface area contributed by atoms with E-state index >= 15 is 0 Å². The van der Waals surface area contributed by atoms with Crippen LogP contribution in [0.5, 0.6) is 0 Å². The van der Waals surface area contributed by atoms with E-state index in [2.05, 4.69) is 12.1 Å². The van der Waals surface area contributed by atoms with E-state index in [9.17, 15) is 4.79 Å². The van der Waals surface area contributed by atoms with Gasteiger partial charge in [0.05, 0.1) is 0 Å². The topological polar surface area (TPSA) is 35.5 Å². The summed E-state index contributed by atoms with van der Waals surface area (Å²) in [5, 5.41) is 0. The van der Waals surface area contributed by atoms with Crippen molar-refractivity contribution in [2.75, 3.05) is 4.61 Å². The largest absolute Gasteiger partial charge is 0.509 e. The molecular formula is C11H11IO3. The fourth-order valence-electron chi connectivity index (χ4n) is 1.82. The molecule has 0 atom stereocenters. The standard InChI is InChI=1S/C11H11IO3/c12-7-14-11(13)15-10-5-8-3-1-2-4-9(8)6-10/h1-4,10H,5-7H2. The highest BCUT2D eigenvalue weighted by atomic mass is 127. The van der Waals surface area contributed by atoms with Crippen LogP contribution in [-0.2, 0) is 22.3 Å². The Morgan fingerprint density at radius 2 is 1.93 bits per heavy atom. The summed E-state index contributed by atoms with van der Waals surface area (Å²) in [5.74, 6) is 0. The second-order valence-corrected chi connectivity index (χ2v) is 4.04. The van der Waals surface area contributed by atoms with Crippen LogP contribution in [0.25, 0.3) is 0 Å². The van der Waals surface area contributed by atoms with Gasteiger partial charge in [0.25, 0.3) is 0 Å². The predicted molar refractivity (Wildman–Crippen MR) is 64.1 cm³/mol. The van der Waals surface area contributed by atoms with Gasteiger partial charge in [-0.25, -0.2) is 4.79 Å². The molecule has 2 rings (SSSR count). The number of alkyl halides is 1. The number of ether oxygens (including phenoxy) is 2. The van der Waals surface area contributed by atoms with Gasteiger partial charge in [-0.15, -0.1) is 0 Å². The Bertz CT molecular complexity index is 340. The fraction of sp³-hybridized carbons (Fsp3) is 0.364. The summed E-state index contributed by atoms with van der Waals surface area (Å²) in [5.41, 5.74) is 2.54. The van der Waals surface area contributed by atoms with Gasteiger partial charge in [-0.3, -0.25) is 0 Å². The maximum Gasteiger partial charge on any atom is 0.509 e.